The van der Waals surface area contributed by atoms with E-state index in [4.69, 9.17) is 9.47 Å². The molecule has 2 rings (SSSR count). The number of allylic oxidation sites excluding steroid dienone is 14. The molecule has 1 aliphatic heterocycles. The molecule has 0 radical (unpaired) electrons. The Morgan fingerprint density at radius 1 is 0.962 bits per heavy atom. The van der Waals surface area contributed by atoms with E-state index in [-0.39, 0.29) is 53.2 Å². The molecule has 280 valence electrons. The minimum absolute atomic E-state index is 0.0755. The number of hydrogen-bond donors (Lipinski definition) is 4. The highest BCUT2D eigenvalue weighted by Crippen LogP contribution is 2.34. The van der Waals surface area contributed by atoms with Crippen molar-refractivity contribution in [1.82, 2.24) is 5.32 Å². The van der Waals surface area contributed by atoms with Gasteiger partial charge in [-0.15, -0.1) is 0 Å². The standard InChI is InChI=1S/C43H55NO8/c1-30(14-10-11-27-43(6)40(51-7)34(5)42(50)52-43)15-12-19-38(47)29-39(48)20-13-16-31(2)21-22-33(4)44-41(49)32(3)17-8-9-18-37(46)28-35-23-25-36(45)26-24-35/h8-16,19-27,29,32-34,37,40,45-47H,17-18,28H2,1-7H3,(H,44,49)/b9-8+,14-10+,19-12+,20-13+,22-21+,27-11+,30-15+,31-16+,38-29+/t32?,33?,34-,37?,40+,43+/m1/s1. The zero-order valence-corrected chi connectivity index (χ0v) is 31.4. The van der Waals surface area contributed by atoms with Gasteiger partial charge in [-0.1, -0.05) is 97.0 Å². The molecule has 0 saturated carbocycles. The third kappa shape index (κ3) is 15.9. The van der Waals surface area contributed by atoms with Crippen LogP contribution in [0.25, 0.3) is 0 Å². The first-order valence-corrected chi connectivity index (χ1v) is 17.5. The summed E-state index contributed by atoms with van der Waals surface area (Å²) in [5.74, 6) is -1.30. The maximum absolute atomic E-state index is 12.6. The molecule has 6 atom stereocenters. The number of hydrogen-bond acceptors (Lipinski definition) is 8. The van der Waals surface area contributed by atoms with Crippen molar-refractivity contribution in [1.29, 1.82) is 0 Å². The molecule has 0 spiro atoms. The molecule has 3 unspecified atom stereocenters. The predicted octanol–water partition coefficient (Wildman–Crippen LogP) is 7.42. The average molecular weight is 714 g/mol. The Bertz CT molecular complexity index is 1620. The highest BCUT2D eigenvalue weighted by Gasteiger charge is 2.49. The number of benzene rings is 1. The van der Waals surface area contributed by atoms with E-state index in [1.807, 2.05) is 71.1 Å². The molecule has 1 aliphatic rings. The lowest BCUT2D eigenvalue weighted by Crippen LogP contribution is -2.37. The highest BCUT2D eigenvalue weighted by molar-refractivity contribution is 5.99. The Morgan fingerprint density at radius 3 is 2.27 bits per heavy atom. The molecule has 4 N–H and O–H groups in total. The van der Waals surface area contributed by atoms with Gasteiger partial charge in [-0.05, 0) is 89.8 Å². The minimum Gasteiger partial charge on any atom is -0.508 e. The number of rotatable bonds is 19. The molecule has 1 fully saturated rings. The van der Waals surface area contributed by atoms with Gasteiger partial charge in [0.1, 0.15) is 17.6 Å². The second kappa shape index (κ2) is 22.1. The van der Waals surface area contributed by atoms with Gasteiger partial charge >= 0.3 is 5.97 Å². The van der Waals surface area contributed by atoms with E-state index in [9.17, 15) is 29.7 Å². The zero-order valence-electron chi connectivity index (χ0n) is 31.4. The van der Waals surface area contributed by atoms with Crippen LogP contribution in [0.15, 0.2) is 132 Å². The second-order valence-electron chi connectivity index (χ2n) is 13.3. The third-order valence-electron chi connectivity index (χ3n) is 8.34. The molecule has 9 nitrogen and oxygen atoms in total. The maximum atomic E-state index is 12.6. The number of cyclic esters (lactones) is 1. The number of carbonyl (C=O) groups is 3. The lowest BCUT2D eigenvalue weighted by atomic mass is 9.92. The van der Waals surface area contributed by atoms with Crippen LogP contribution >= 0.6 is 0 Å². The number of amides is 1. The van der Waals surface area contributed by atoms with Gasteiger partial charge < -0.3 is 30.1 Å². The quantitative estimate of drug-likeness (QED) is 0.0382. The number of methoxy groups -OCH3 is 1. The lowest BCUT2D eigenvalue weighted by molar-refractivity contribution is -0.147. The Hall–Kier alpha value is -4.99. The van der Waals surface area contributed by atoms with Gasteiger partial charge in [0.25, 0.3) is 0 Å². The Morgan fingerprint density at radius 2 is 1.60 bits per heavy atom. The van der Waals surface area contributed by atoms with Crippen LogP contribution in [0.2, 0.25) is 0 Å². The molecule has 52 heavy (non-hydrogen) atoms. The largest absolute Gasteiger partial charge is 0.508 e. The number of esters is 1. The van der Waals surface area contributed by atoms with Gasteiger partial charge in [-0.25, -0.2) is 0 Å². The summed E-state index contributed by atoms with van der Waals surface area (Å²) < 4.78 is 10.9. The van der Waals surface area contributed by atoms with Crippen LogP contribution in [0.5, 0.6) is 5.75 Å². The summed E-state index contributed by atoms with van der Waals surface area (Å²) in [6.07, 6.45) is 26.1. The number of aliphatic hydroxyl groups is 2. The molecule has 1 aromatic carbocycles. The number of phenols is 1. The monoisotopic (exact) mass is 713 g/mol. The fourth-order valence-corrected chi connectivity index (χ4v) is 5.31. The number of phenolic OH excluding ortho intramolecular Hbond substituents is 1. The Balaban J connectivity index is 1.74. The fraction of sp³-hybridized carbons (Fsp3) is 0.372. The summed E-state index contributed by atoms with van der Waals surface area (Å²) in [6.45, 7) is 11.1. The first-order valence-electron chi connectivity index (χ1n) is 17.5. The van der Waals surface area contributed by atoms with Crippen LogP contribution in [0, 0.1) is 11.8 Å². The molecule has 0 aliphatic carbocycles. The smallest absolute Gasteiger partial charge is 0.312 e. The van der Waals surface area contributed by atoms with Gasteiger partial charge in [0, 0.05) is 25.1 Å². The number of ether oxygens (including phenoxy) is 2. The van der Waals surface area contributed by atoms with E-state index < -0.39 is 11.7 Å². The van der Waals surface area contributed by atoms with Gasteiger partial charge in [0.05, 0.1) is 12.0 Å². The fourth-order valence-electron chi connectivity index (χ4n) is 5.31. The molecule has 1 heterocycles. The van der Waals surface area contributed by atoms with Crippen molar-refractivity contribution in [2.24, 2.45) is 11.8 Å². The highest BCUT2D eigenvalue weighted by atomic mass is 16.6. The van der Waals surface area contributed by atoms with E-state index in [0.29, 0.717) is 19.3 Å². The minimum atomic E-state index is -0.836. The van der Waals surface area contributed by atoms with Gasteiger partial charge in [0.2, 0.25) is 5.91 Å². The maximum Gasteiger partial charge on any atom is 0.312 e. The summed E-state index contributed by atoms with van der Waals surface area (Å²) in [4.78, 5) is 36.8. The second-order valence-corrected chi connectivity index (χ2v) is 13.3. The summed E-state index contributed by atoms with van der Waals surface area (Å²) in [7, 11) is 1.56. The Kier molecular flexibility index (Phi) is 18.3. The van der Waals surface area contributed by atoms with E-state index >= 15 is 0 Å². The molecule has 1 aromatic rings. The van der Waals surface area contributed by atoms with E-state index in [0.717, 1.165) is 22.8 Å². The zero-order chi connectivity index (χ0) is 38.7. The van der Waals surface area contributed by atoms with Crippen LogP contribution in [0.3, 0.4) is 0 Å². The summed E-state index contributed by atoms with van der Waals surface area (Å²) in [5, 5.41) is 32.7. The van der Waals surface area contributed by atoms with Crippen molar-refractivity contribution in [2.75, 3.05) is 7.11 Å². The molecule has 9 heteroatoms. The number of aliphatic hydroxyl groups excluding tert-OH is 2. The third-order valence-corrected chi connectivity index (χ3v) is 8.34. The summed E-state index contributed by atoms with van der Waals surface area (Å²) in [6, 6.07) is 6.56. The number of ketones is 1. The van der Waals surface area contributed by atoms with Crippen LogP contribution in [-0.2, 0) is 30.3 Å². The van der Waals surface area contributed by atoms with E-state index in [1.54, 1.807) is 74.8 Å². The van der Waals surface area contributed by atoms with Crippen LogP contribution < -0.4 is 5.32 Å². The van der Waals surface area contributed by atoms with Crippen LogP contribution in [-0.4, -0.2) is 63.9 Å². The van der Waals surface area contributed by atoms with Crippen LogP contribution in [0.1, 0.15) is 59.9 Å². The van der Waals surface area contributed by atoms with E-state index in [1.165, 1.54) is 12.2 Å². The first-order chi connectivity index (χ1) is 24.6. The van der Waals surface area contributed by atoms with Gasteiger partial charge in [-0.2, -0.15) is 0 Å². The lowest BCUT2D eigenvalue weighted by Gasteiger charge is -2.25. The average Bonchev–Trinajstić information content (AvgIpc) is 3.31. The SMILES string of the molecule is CO[C@H]1[C@@H](C)C(=O)O[C@@]1(C)/C=C/C=C/C(C)=C/C=C/C(O)=C\C(=O)/C=C/C=C(C)/C=C/C(C)NC(=O)C(C)C/C=C/CC(O)Cc1ccc(O)cc1. The summed E-state index contributed by atoms with van der Waals surface area (Å²) >= 11 is 0. The topological polar surface area (TPSA) is 142 Å². The van der Waals surface area contributed by atoms with Gasteiger partial charge in [0.15, 0.2) is 11.4 Å². The first kappa shape index (κ1) is 43.2. The van der Waals surface area contributed by atoms with Crippen LogP contribution in [0.4, 0.5) is 0 Å². The Labute approximate surface area is 308 Å². The summed E-state index contributed by atoms with van der Waals surface area (Å²) in [5.41, 5.74) is 1.87. The predicted molar refractivity (Wildman–Crippen MR) is 206 cm³/mol. The van der Waals surface area contributed by atoms with E-state index in [2.05, 4.69) is 5.32 Å². The van der Waals surface area contributed by atoms with Crippen molar-refractivity contribution in [3.05, 3.63) is 138 Å². The number of nitrogens with one attached hydrogen (secondary N) is 1. The van der Waals surface area contributed by atoms with Crippen molar-refractivity contribution < 1.29 is 39.2 Å². The molecule has 0 bridgehead atoms. The number of carbonyl (C=O) groups excluding carboxylic acids is 3. The van der Waals surface area contributed by atoms with Crippen molar-refractivity contribution >= 4 is 17.7 Å². The van der Waals surface area contributed by atoms with Crippen molar-refractivity contribution in [3.8, 4) is 5.75 Å². The molecule has 1 saturated heterocycles. The van der Waals surface area contributed by atoms with Crippen molar-refractivity contribution in [3.63, 3.8) is 0 Å². The molecule has 1 amide bonds. The normalized spacial score (nSPS) is 22.4. The molecular weight excluding hydrogens is 658 g/mol. The van der Waals surface area contributed by atoms with Crippen molar-refractivity contribution in [2.45, 2.75) is 84.7 Å². The number of aromatic hydroxyl groups is 1. The molecular formula is C43H55NO8. The van der Waals surface area contributed by atoms with Gasteiger partial charge in [-0.3, -0.25) is 14.4 Å². The molecule has 0 aromatic heterocycles.